The van der Waals surface area contributed by atoms with Crippen LogP contribution in [0, 0.1) is 6.92 Å². The second-order valence-electron chi connectivity index (χ2n) is 4.84. The molecule has 4 heteroatoms. The summed E-state index contributed by atoms with van der Waals surface area (Å²) < 4.78 is 0. The molecule has 1 saturated heterocycles. The summed E-state index contributed by atoms with van der Waals surface area (Å²) in [5.41, 5.74) is 2.36. The summed E-state index contributed by atoms with van der Waals surface area (Å²) in [5.74, 6) is 0. The van der Waals surface area contributed by atoms with Gasteiger partial charge in [0.1, 0.15) is 0 Å². The van der Waals surface area contributed by atoms with Crippen molar-refractivity contribution in [1.29, 1.82) is 0 Å². The minimum atomic E-state index is -0.0672. The molecule has 0 atom stereocenters. The van der Waals surface area contributed by atoms with E-state index in [4.69, 9.17) is 0 Å². The Balaban J connectivity index is 1.72. The molecule has 1 heterocycles. The van der Waals surface area contributed by atoms with Crippen molar-refractivity contribution < 1.29 is 4.79 Å². The monoisotopic (exact) mass is 247 g/mol. The number of aryl methyl sites for hydroxylation is 1. The van der Waals surface area contributed by atoms with Crippen LogP contribution in [0.1, 0.15) is 24.0 Å². The normalized spacial score (nSPS) is 16.3. The molecule has 2 rings (SSSR count). The topological polar surface area (TPSA) is 53.2 Å². The van der Waals surface area contributed by atoms with E-state index in [1.165, 1.54) is 5.56 Å². The fraction of sp³-hybridized carbons (Fsp3) is 0.500. The first kappa shape index (κ1) is 12.9. The molecule has 18 heavy (non-hydrogen) atoms. The van der Waals surface area contributed by atoms with Crippen molar-refractivity contribution in [1.82, 2.24) is 16.0 Å². The van der Waals surface area contributed by atoms with Crippen LogP contribution >= 0.6 is 0 Å². The maximum atomic E-state index is 11.7. The van der Waals surface area contributed by atoms with Crippen molar-refractivity contribution in [2.75, 3.05) is 13.1 Å². The first-order valence-electron chi connectivity index (χ1n) is 6.54. The van der Waals surface area contributed by atoms with Gasteiger partial charge in [-0.05, 0) is 38.4 Å². The lowest BCUT2D eigenvalue weighted by molar-refractivity contribution is 0.233. The number of piperidine rings is 1. The highest BCUT2D eigenvalue weighted by molar-refractivity contribution is 5.74. The highest BCUT2D eigenvalue weighted by Crippen LogP contribution is 2.03. The van der Waals surface area contributed by atoms with Gasteiger partial charge >= 0.3 is 6.03 Å². The predicted octanol–water partition coefficient (Wildman–Crippen LogP) is 1.55. The van der Waals surface area contributed by atoms with Gasteiger partial charge < -0.3 is 16.0 Å². The number of carbonyl (C=O) groups is 1. The lowest BCUT2D eigenvalue weighted by atomic mass is 10.1. The van der Waals surface area contributed by atoms with Crippen LogP contribution in [0.5, 0.6) is 0 Å². The molecule has 1 aromatic rings. The third kappa shape index (κ3) is 4.04. The SMILES string of the molecule is Cc1ccc(CNC(=O)NC2CCNCC2)cc1. The Labute approximate surface area is 108 Å². The Hall–Kier alpha value is -1.55. The zero-order valence-electron chi connectivity index (χ0n) is 10.8. The number of nitrogens with one attached hydrogen (secondary N) is 3. The van der Waals surface area contributed by atoms with Crippen molar-refractivity contribution in [3.63, 3.8) is 0 Å². The molecule has 3 N–H and O–H groups in total. The first-order chi connectivity index (χ1) is 8.74. The van der Waals surface area contributed by atoms with E-state index >= 15 is 0 Å². The van der Waals surface area contributed by atoms with E-state index in [0.29, 0.717) is 12.6 Å². The fourth-order valence-electron chi connectivity index (χ4n) is 2.09. The third-order valence-electron chi connectivity index (χ3n) is 3.25. The molecule has 0 unspecified atom stereocenters. The maximum Gasteiger partial charge on any atom is 0.315 e. The molecule has 0 bridgehead atoms. The van der Waals surface area contributed by atoms with E-state index in [1.807, 2.05) is 12.1 Å². The van der Waals surface area contributed by atoms with E-state index < -0.39 is 0 Å². The summed E-state index contributed by atoms with van der Waals surface area (Å²) in [4.78, 5) is 11.7. The van der Waals surface area contributed by atoms with Crippen LogP contribution in [-0.4, -0.2) is 25.2 Å². The predicted molar refractivity (Wildman–Crippen MR) is 72.4 cm³/mol. The van der Waals surface area contributed by atoms with Crippen molar-refractivity contribution in [2.45, 2.75) is 32.4 Å². The molecule has 4 nitrogen and oxygen atoms in total. The zero-order chi connectivity index (χ0) is 12.8. The van der Waals surface area contributed by atoms with Gasteiger partial charge in [0.2, 0.25) is 0 Å². The van der Waals surface area contributed by atoms with Gasteiger partial charge in [-0.15, -0.1) is 0 Å². The molecule has 0 saturated carbocycles. The largest absolute Gasteiger partial charge is 0.335 e. The highest BCUT2D eigenvalue weighted by Gasteiger charge is 2.14. The standard InChI is InChI=1S/C14H21N3O/c1-11-2-4-12(5-3-11)10-16-14(18)17-13-6-8-15-9-7-13/h2-5,13,15H,6-10H2,1H3,(H2,16,17,18). The molecule has 1 aromatic carbocycles. The number of urea groups is 1. The molecule has 98 valence electrons. The second kappa shape index (κ2) is 6.40. The molecule has 0 spiro atoms. The minimum Gasteiger partial charge on any atom is -0.335 e. The number of hydrogen-bond acceptors (Lipinski definition) is 2. The summed E-state index contributed by atoms with van der Waals surface area (Å²) in [6.45, 7) is 4.62. The van der Waals surface area contributed by atoms with Gasteiger partial charge in [-0.3, -0.25) is 0 Å². The van der Waals surface area contributed by atoms with Gasteiger partial charge in [0.15, 0.2) is 0 Å². The molecule has 1 aliphatic rings. The summed E-state index contributed by atoms with van der Waals surface area (Å²) in [6, 6.07) is 8.44. The summed E-state index contributed by atoms with van der Waals surface area (Å²) in [6.07, 6.45) is 2.02. The van der Waals surface area contributed by atoms with Crippen molar-refractivity contribution in [3.8, 4) is 0 Å². The molecule has 0 aliphatic carbocycles. The van der Waals surface area contributed by atoms with E-state index in [2.05, 4.69) is 35.0 Å². The van der Waals surface area contributed by atoms with Gasteiger partial charge in [-0.2, -0.15) is 0 Å². The van der Waals surface area contributed by atoms with Crippen molar-refractivity contribution in [3.05, 3.63) is 35.4 Å². The van der Waals surface area contributed by atoms with E-state index in [9.17, 15) is 4.79 Å². The Morgan fingerprint density at radius 1 is 1.28 bits per heavy atom. The van der Waals surface area contributed by atoms with Crippen LogP contribution in [-0.2, 0) is 6.54 Å². The van der Waals surface area contributed by atoms with Crippen molar-refractivity contribution in [2.24, 2.45) is 0 Å². The molecule has 0 radical (unpaired) electrons. The van der Waals surface area contributed by atoms with Crippen LogP contribution in [0.25, 0.3) is 0 Å². The Kier molecular flexibility index (Phi) is 4.59. The van der Waals surface area contributed by atoms with E-state index in [1.54, 1.807) is 0 Å². The maximum absolute atomic E-state index is 11.7. The highest BCUT2D eigenvalue weighted by atomic mass is 16.2. The van der Waals surface area contributed by atoms with Crippen LogP contribution in [0.3, 0.4) is 0 Å². The molecule has 1 fully saturated rings. The van der Waals surface area contributed by atoms with E-state index in [0.717, 1.165) is 31.5 Å². The van der Waals surface area contributed by atoms with Gasteiger partial charge in [0, 0.05) is 12.6 Å². The van der Waals surface area contributed by atoms with Crippen LogP contribution in [0.2, 0.25) is 0 Å². The fourth-order valence-corrected chi connectivity index (χ4v) is 2.09. The zero-order valence-corrected chi connectivity index (χ0v) is 10.8. The smallest absolute Gasteiger partial charge is 0.315 e. The Morgan fingerprint density at radius 2 is 1.94 bits per heavy atom. The first-order valence-corrected chi connectivity index (χ1v) is 6.54. The van der Waals surface area contributed by atoms with Gasteiger partial charge in [0.25, 0.3) is 0 Å². The van der Waals surface area contributed by atoms with Gasteiger partial charge in [0.05, 0.1) is 0 Å². The van der Waals surface area contributed by atoms with Crippen LogP contribution in [0.15, 0.2) is 24.3 Å². The van der Waals surface area contributed by atoms with E-state index in [-0.39, 0.29) is 6.03 Å². The van der Waals surface area contributed by atoms with Crippen molar-refractivity contribution >= 4 is 6.03 Å². The summed E-state index contributed by atoms with van der Waals surface area (Å²) in [7, 11) is 0. The van der Waals surface area contributed by atoms with Gasteiger partial charge in [-0.25, -0.2) is 4.79 Å². The summed E-state index contributed by atoms with van der Waals surface area (Å²) >= 11 is 0. The number of carbonyl (C=O) groups excluding carboxylic acids is 1. The van der Waals surface area contributed by atoms with Crippen LogP contribution in [0.4, 0.5) is 4.79 Å². The molecule has 2 amide bonds. The molecule has 1 aliphatic heterocycles. The minimum absolute atomic E-state index is 0.0672. The number of rotatable bonds is 3. The average molecular weight is 247 g/mol. The quantitative estimate of drug-likeness (QED) is 0.759. The summed E-state index contributed by atoms with van der Waals surface area (Å²) in [5, 5.41) is 9.19. The second-order valence-corrected chi connectivity index (χ2v) is 4.84. The molecular weight excluding hydrogens is 226 g/mol. The van der Waals surface area contributed by atoms with Crippen LogP contribution < -0.4 is 16.0 Å². The molecular formula is C14H21N3O. The number of amides is 2. The Morgan fingerprint density at radius 3 is 2.61 bits per heavy atom. The average Bonchev–Trinajstić information content (AvgIpc) is 2.39. The number of benzene rings is 1. The number of hydrogen-bond donors (Lipinski definition) is 3. The third-order valence-corrected chi connectivity index (χ3v) is 3.25. The van der Waals surface area contributed by atoms with Gasteiger partial charge in [-0.1, -0.05) is 29.8 Å². The Bertz CT molecular complexity index is 383. The molecule has 0 aromatic heterocycles. The lowest BCUT2D eigenvalue weighted by Crippen LogP contribution is -2.46. The lowest BCUT2D eigenvalue weighted by Gasteiger charge is -2.23.